The van der Waals surface area contributed by atoms with Crippen molar-refractivity contribution in [3.63, 3.8) is 0 Å². The van der Waals surface area contributed by atoms with E-state index in [0.717, 1.165) is 6.08 Å². The molecule has 15 heavy (non-hydrogen) atoms. The Morgan fingerprint density at radius 2 is 1.87 bits per heavy atom. The number of esters is 1. The Bertz CT molecular complexity index is 271. The van der Waals surface area contributed by atoms with Gasteiger partial charge in [-0.25, -0.2) is 4.79 Å². The molecule has 0 saturated heterocycles. The number of ketones is 1. The Morgan fingerprint density at radius 3 is 2.27 bits per heavy atom. The summed E-state index contributed by atoms with van der Waals surface area (Å²) in [6.07, 6.45) is 1.19. The monoisotopic (exact) mass is 214 g/mol. The number of carbonyl (C=O) groups excluding carboxylic acids is 2. The maximum atomic E-state index is 11.3. The molecule has 0 amide bonds. The van der Waals surface area contributed by atoms with Gasteiger partial charge in [0.15, 0.2) is 5.78 Å². The molecule has 0 rings (SSSR count). The highest BCUT2D eigenvalue weighted by Gasteiger charge is 2.17. The van der Waals surface area contributed by atoms with E-state index in [1.54, 1.807) is 6.92 Å². The molecule has 0 bridgehead atoms. The maximum absolute atomic E-state index is 11.3. The van der Waals surface area contributed by atoms with E-state index in [-0.39, 0.29) is 24.2 Å². The highest BCUT2D eigenvalue weighted by atomic mass is 16.5. The van der Waals surface area contributed by atoms with Gasteiger partial charge in [0, 0.05) is 12.5 Å². The zero-order chi connectivity index (χ0) is 12.1. The van der Waals surface area contributed by atoms with Crippen LogP contribution in [0.2, 0.25) is 0 Å². The van der Waals surface area contributed by atoms with Gasteiger partial charge in [-0.05, 0) is 12.3 Å². The second-order valence-electron chi connectivity index (χ2n) is 4.45. The number of aliphatic hydroxyl groups is 1. The molecule has 0 saturated carbocycles. The fraction of sp³-hybridized carbons (Fsp3) is 0.636. The van der Waals surface area contributed by atoms with Crippen LogP contribution in [0, 0.1) is 5.41 Å². The quantitative estimate of drug-likeness (QED) is 0.441. The standard InChI is InChI=1S/C11H18O4/c1-5-15-10(14)9(13)6-8(12)7-11(2,3)4/h6,13H,5,7H2,1-4H3. The van der Waals surface area contributed by atoms with E-state index < -0.39 is 11.7 Å². The van der Waals surface area contributed by atoms with Crippen molar-refractivity contribution in [2.24, 2.45) is 5.41 Å². The summed E-state index contributed by atoms with van der Waals surface area (Å²) in [6, 6.07) is 0. The molecule has 0 aliphatic rings. The van der Waals surface area contributed by atoms with Gasteiger partial charge >= 0.3 is 5.97 Å². The van der Waals surface area contributed by atoms with Crippen molar-refractivity contribution in [1.29, 1.82) is 0 Å². The lowest BCUT2D eigenvalue weighted by molar-refractivity contribution is -0.141. The molecule has 0 atom stereocenters. The third-order valence-corrected chi connectivity index (χ3v) is 1.49. The third-order valence-electron chi connectivity index (χ3n) is 1.49. The fourth-order valence-electron chi connectivity index (χ4n) is 0.990. The number of ether oxygens (including phenoxy) is 1. The second-order valence-corrected chi connectivity index (χ2v) is 4.45. The van der Waals surface area contributed by atoms with E-state index in [9.17, 15) is 14.7 Å². The van der Waals surface area contributed by atoms with Crippen molar-refractivity contribution < 1.29 is 19.4 Å². The molecular formula is C11H18O4. The maximum Gasteiger partial charge on any atom is 0.373 e. The lowest BCUT2D eigenvalue weighted by Crippen LogP contribution is -2.14. The average molecular weight is 214 g/mol. The number of carbonyl (C=O) groups is 2. The minimum absolute atomic E-state index is 0.164. The number of aliphatic hydroxyl groups excluding tert-OH is 1. The number of hydrogen-bond donors (Lipinski definition) is 1. The molecule has 4 nitrogen and oxygen atoms in total. The highest BCUT2D eigenvalue weighted by molar-refractivity contribution is 5.98. The molecule has 0 aromatic carbocycles. The SMILES string of the molecule is CCOC(=O)C(O)=CC(=O)CC(C)(C)C. The Morgan fingerprint density at radius 1 is 1.33 bits per heavy atom. The number of allylic oxidation sites excluding steroid dienone is 1. The third kappa shape index (κ3) is 6.71. The van der Waals surface area contributed by atoms with E-state index >= 15 is 0 Å². The largest absolute Gasteiger partial charge is 0.502 e. The molecule has 1 N–H and O–H groups in total. The van der Waals surface area contributed by atoms with Gasteiger partial charge in [0.2, 0.25) is 5.76 Å². The summed E-state index contributed by atoms with van der Waals surface area (Å²) in [5.41, 5.74) is -0.164. The molecule has 0 aromatic heterocycles. The van der Waals surface area contributed by atoms with Crippen molar-refractivity contribution in [2.75, 3.05) is 6.61 Å². The summed E-state index contributed by atoms with van der Waals surface area (Å²) < 4.78 is 4.53. The van der Waals surface area contributed by atoms with Gasteiger partial charge in [-0.15, -0.1) is 0 Å². The van der Waals surface area contributed by atoms with Crippen molar-refractivity contribution in [1.82, 2.24) is 0 Å². The lowest BCUT2D eigenvalue weighted by atomic mass is 9.90. The van der Waals surface area contributed by atoms with E-state index in [1.807, 2.05) is 20.8 Å². The summed E-state index contributed by atoms with van der Waals surface area (Å²) >= 11 is 0. The smallest absolute Gasteiger partial charge is 0.373 e. The van der Waals surface area contributed by atoms with Crippen LogP contribution in [0.15, 0.2) is 11.8 Å². The average Bonchev–Trinajstić information content (AvgIpc) is 2.00. The van der Waals surface area contributed by atoms with Crippen LogP contribution in [0.4, 0.5) is 0 Å². The summed E-state index contributed by atoms with van der Waals surface area (Å²) in [5, 5.41) is 9.18. The van der Waals surface area contributed by atoms with Gasteiger partial charge in [-0.3, -0.25) is 4.79 Å². The predicted molar refractivity (Wildman–Crippen MR) is 56.4 cm³/mol. The van der Waals surface area contributed by atoms with Crippen LogP contribution in [0.5, 0.6) is 0 Å². The topological polar surface area (TPSA) is 63.6 Å². The predicted octanol–water partition coefficient (Wildman–Crippen LogP) is 2.00. The molecule has 0 aromatic rings. The molecule has 0 aliphatic carbocycles. The zero-order valence-electron chi connectivity index (χ0n) is 9.66. The first kappa shape index (κ1) is 13.7. The Labute approximate surface area is 89.9 Å². The van der Waals surface area contributed by atoms with Crippen LogP contribution < -0.4 is 0 Å². The minimum atomic E-state index is -0.861. The molecule has 4 heteroatoms. The van der Waals surface area contributed by atoms with Gasteiger partial charge in [0.1, 0.15) is 0 Å². The van der Waals surface area contributed by atoms with E-state index in [0.29, 0.717) is 0 Å². The molecular weight excluding hydrogens is 196 g/mol. The van der Waals surface area contributed by atoms with E-state index in [1.165, 1.54) is 0 Å². The molecule has 0 heterocycles. The van der Waals surface area contributed by atoms with Crippen molar-refractivity contribution >= 4 is 11.8 Å². The molecule has 0 aliphatic heterocycles. The molecule has 0 spiro atoms. The first-order chi connectivity index (χ1) is 6.76. The molecule has 86 valence electrons. The number of rotatable bonds is 4. The van der Waals surface area contributed by atoms with Crippen molar-refractivity contribution in [3.05, 3.63) is 11.8 Å². The summed E-state index contributed by atoms with van der Waals surface area (Å²) in [5.74, 6) is -1.78. The summed E-state index contributed by atoms with van der Waals surface area (Å²) in [6.45, 7) is 7.51. The van der Waals surface area contributed by atoms with Gasteiger partial charge in [0.25, 0.3) is 0 Å². The Hall–Kier alpha value is -1.32. The van der Waals surface area contributed by atoms with Crippen molar-refractivity contribution in [3.8, 4) is 0 Å². The van der Waals surface area contributed by atoms with Gasteiger partial charge in [0.05, 0.1) is 6.61 Å². The summed E-state index contributed by atoms with van der Waals surface area (Å²) in [4.78, 5) is 22.3. The molecule has 0 fully saturated rings. The van der Waals surface area contributed by atoms with Crippen molar-refractivity contribution in [2.45, 2.75) is 34.1 Å². The van der Waals surface area contributed by atoms with Crippen LogP contribution in [-0.2, 0) is 14.3 Å². The van der Waals surface area contributed by atoms with E-state index in [4.69, 9.17) is 0 Å². The first-order valence-corrected chi connectivity index (χ1v) is 4.87. The normalized spacial score (nSPS) is 12.4. The Balaban J connectivity index is 4.36. The fourth-order valence-corrected chi connectivity index (χ4v) is 0.990. The van der Waals surface area contributed by atoms with Crippen LogP contribution in [0.1, 0.15) is 34.1 Å². The zero-order valence-corrected chi connectivity index (χ0v) is 9.66. The summed E-state index contributed by atoms with van der Waals surface area (Å²) in [7, 11) is 0. The molecule has 0 radical (unpaired) electrons. The van der Waals surface area contributed by atoms with Crippen LogP contribution in [0.25, 0.3) is 0 Å². The lowest BCUT2D eigenvalue weighted by Gasteiger charge is -2.15. The van der Waals surface area contributed by atoms with Gasteiger partial charge in [-0.2, -0.15) is 0 Å². The van der Waals surface area contributed by atoms with Crippen LogP contribution >= 0.6 is 0 Å². The molecule has 0 unspecified atom stereocenters. The van der Waals surface area contributed by atoms with E-state index in [2.05, 4.69) is 4.74 Å². The van der Waals surface area contributed by atoms with Crippen LogP contribution in [0.3, 0.4) is 0 Å². The number of hydrogen-bond acceptors (Lipinski definition) is 4. The minimum Gasteiger partial charge on any atom is -0.502 e. The highest BCUT2D eigenvalue weighted by Crippen LogP contribution is 2.19. The second kappa shape index (κ2) is 5.53. The van der Waals surface area contributed by atoms with Crippen LogP contribution in [-0.4, -0.2) is 23.5 Å². The van der Waals surface area contributed by atoms with Gasteiger partial charge in [-0.1, -0.05) is 20.8 Å². The Kier molecular flexibility index (Phi) is 5.05. The first-order valence-electron chi connectivity index (χ1n) is 4.87. The van der Waals surface area contributed by atoms with Gasteiger partial charge < -0.3 is 9.84 Å².